The molecule has 2 amide bonds. The number of fused-ring (bicyclic) bond motifs is 4. The molecular weight excluding hydrogens is 863 g/mol. The van der Waals surface area contributed by atoms with E-state index in [9.17, 15) is 49.2 Å². The molecule has 61 heavy (non-hydrogen) atoms. The number of phenols is 2. The average molecular weight is 912 g/mol. The number of Topliss-reactive ketones (excluding diaryl/α,β-unsaturated/α-hetero) is 2. The number of benzene rings is 1. The molecule has 0 spiro atoms. The molecule has 1 aromatic heterocycles. The van der Waals surface area contributed by atoms with Crippen molar-refractivity contribution in [2.24, 2.45) is 11.1 Å². The summed E-state index contributed by atoms with van der Waals surface area (Å²) in [6, 6.07) is 0.293. The van der Waals surface area contributed by atoms with Crippen LogP contribution < -0.4 is 45.7 Å². The number of allylic oxidation sites excluding steroid dienone is 2. The summed E-state index contributed by atoms with van der Waals surface area (Å²) in [4.78, 5) is 89.0. The van der Waals surface area contributed by atoms with E-state index in [-0.39, 0.29) is 119 Å². The molecule has 4 aliphatic heterocycles. The van der Waals surface area contributed by atoms with Crippen molar-refractivity contribution in [1.82, 2.24) is 15.2 Å². The zero-order valence-electron chi connectivity index (χ0n) is 32.8. The first-order valence-corrected chi connectivity index (χ1v) is 20.7. The Morgan fingerprint density at radius 2 is 1.80 bits per heavy atom. The topological polar surface area (TPSA) is 262 Å². The predicted octanol–water partition coefficient (Wildman–Crippen LogP) is 0.155. The summed E-state index contributed by atoms with van der Waals surface area (Å²) in [6.07, 6.45) is 4.92. The van der Waals surface area contributed by atoms with E-state index >= 15 is 0 Å². The predicted molar refractivity (Wildman–Crippen MR) is 222 cm³/mol. The van der Waals surface area contributed by atoms with Crippen molar-refractivity contribution in [3.63, 3.8) is 0 Å². The molecule has 7 rings (SSSR count). The number of aliphatic carboxylic acids is 2. The number of hydrogen-bond acceptors (Lipinski definition) is 15. The number of nitrogens with zero attached hydrogens (tertiary/aromatic N) is 4. The van der Waals surface area contributed by atoms with Crippen LogP contribution in [0.5, 0.6) is 11.5 Å². The zero-order chi connectivity index (χ0) is 42.2. The molecule has 2 aromatic rings. The first kappa shape index (κ1) is 49.7. The summed E-state index contributed by atoms with van der Waals surface area (Å²) in [5.74, 6) is -6.42. The van der Waals surface area contributed by atoms with Gasteiger partial charge in [0, 0.05) is 53.9 Å². The number of aromatic hydroxyl groups is 2. The molecular formula is C40H49ClN6NaO11S2+. The van der Waals surface area contributed by atoms with Crippen LogP contribution in [-0.4, -0.2) is 119 Å². The van der Waals surface area contributed by atoms with Crippen LogP contribution in [0.2, 0.25) is 5.02 Å². The fraction of sp³-hybridized carbons (Fsp3) is 0.500. The quantitative estimate of drug-likeness (QED) is 0.0362. The first-order chi connectivity index (χ1) is 27.2. The van der Waals surface area contributed by atoms with Crippen molar-refractivity contribution < 1.29 is 88.1 Å². The number of anilines is 1. The van der Waals surface area contributed by atoms with E-state index in [0.717, 1.165) is 24.2 Å². The zero-order valence-corrected chi connectivity index (χ0v) is 37.2. The Morgan fingerprint density at radius 1 is 1.16 bits per heavy atom. The van der Waals surface area contributed by atoms with Crippen LogP contribution in [0, 0.1) is 5.92 Å². The maximum atomic E-state index is 13.7. The summed E-state index contributed by atoms with van der Waals surface area (Å²) < 4.78 is 0.529. The molecule has 6 N–H and O–H groups in total. The number of quaternary nitrogens is 1. The van der Waals surface area contributed by atoms with Gasteiger partial charge in [-0.3, -0.25) is 24.1 Å². The van der Waals surface area contributed by atoms with Gasteiger partial charge in [-0.15, -0.1) is 23.1 Å². The molecule has 5 heterocycles. The van der Waals surface area contributed by atoms with Crippen LogP contribution >= 0.6 is 34.7 Å². The number of thiazole rings is 1. The molecule has 21 heteroatoms. The van der Waals surface area contributed by atoms with E-state index in [4.69, 9.17) is 22.2 Å². The van der Waals surface area contributed by atoms with E-state index in [0.29, 0.717) is 35.0 Å². The van der Waals surface area contributed by atoms with Crippen LogP contribution in [0.3, 0.4) is 0 Å². The number of aromatic nitrogens is 1. The van der Waals surface area contributed by atoms with Crippen molar-refractivity contribution in [2.45, 2.75) is 108 Å². The van der Waals surface area contributed by atoms with Crippen LogP contribution in [0.1, 0.15) is 89.3 Å². The molecule has 3 fully saturated rings. The smallest absolute Gasteiger partial charge is 0.546 e. The number of ketones is 2. The number of nitrogen functional groups attached to an aromatic ring is 1. The number of hydrogen-bond donors (Lipinski definition) is 5. The molecule has 2 unspecified atom stereocenters. The van der Waals surface area contributed by atoms with Gasteiger partial charge in [-0.1, -0.05) is 37.7 Å². The number of carboxylic acid groups (broad SMARTS) is 2. The number of carbonyl (C=O) groups excluding carboxylic acids is 5. The van der Waals surface area contributed by atoms with Crippen molar-refractivity contribution >= 4 is 80.9 Å². The molecule has 1 aromatic carbocycles. The summed E-state index contributed by atoms with van der Waals surface area (Å²) in [5, 5.41) is 48.5. The Labute approximate surface area is 388 Å². The van der Waals surface area contributed by atoms with Gasteiger partial charge in [0.2, 0.25) is 0 Å². The molecule has 1 aliphatic carbocycles. The summed E-state index contributed by atoms with van der Waals surface area (Å²) in [6.45, 7) is 4.57. The number of rotatable bonds is 12. The molecule has 0 saturated carbocycles. The van der Waals surface area contributed by atoms with Crippen LogP contribution in [-0.2, 0) is 35.2 Å². The van der Waals surface area contributed by atoms with Gasteiger partial charge in [0.05, 0.1) is 35.7 Å². The normalized spacial score (nSPS) is 26.6. The monoisotopic (exact) mass is 911 g/mol. The van der Waals surface area contributed by atoms with Gasteiger partial charge in [0.25, 0.3) is 11.8 Å². The Morgan fingerprint density at radius 3 is 2.38 bits per heavy atom. The Bertz CT molecular complexity index is 2260. The fourth-order valence-corrected chi connectivity index (χ4v) is 11.1. The third-order valence-electron chi connectivity index (χ3n) is 12.0. The molecule has 2 bridgehead atoms. The van der Waals surface area contributed by atoms with E-state index in [1.165, 1.54) is 42.0 Å². The van der Waals surface area contributed by atoms with E-state index in [2.05, 4.69) is 22.5 Å². The van der Waals surface area contributed by atoms with E-state index < -0.39 is 63.8 Å². The van der Waals surface area contributed by atoms with Crippen molar-refractivity contribution in [3.8, 4) is 11.5 Å². The maximum Gasteiger partial charge on any atom is 1.00 e. The van der Waals surface area contributed by atoms with Crippen LogP contribution in [0.15, 0.2) is 39.5 Å². The van der Waals surface area contributed by atoms with Crippen molar-refractivity contribution in [1.29, 1.82) is 0 Å². The Balaban J connectivity index is 0.00000273. The van der Waals surface area contributed by atoms with Gasteiger partial charge in [-0.2, -0.15) is 0 Å². The van der Waals surface area contributed by atoms with E-state index in [1.807, 2.05) is 6.92 Å². The van der Waals surface area contributed by atoms with Crippen molar-refractivity contribution in [2.75, 3.05) is 19.3 Å². The standard InChI is InChI=1S/C38H41ClN6O11S2.2CH4.Na/c1-15-21(13-45(4)18-6-7-19(45)10-16(9-18)11-23(46)20-8-5-17-12-24(47)31(49)26(39)25(17)30(20)48)29(35(52)53)44-33(51)28(34(44)58-15)42-32(50)27(22-14-57-37(40)41-22)43-56-38(2,3)36(54)55;;;/h8,12,14-16,18-19,28,34H,5-7,9-11,13H2,1-4H3,(H6-,40,41,42,43,47,48,49,50,52,53,54,55);2*1H4;/q;;;+1/t15-,16?,18-,19+,28+,34+,45?;;;/m0.../s1. The third kappa shape index (κ3) is 8.84. The molecule has 7 atom stereocenters. The van der Waals surface area contributed by atoms with E-state index in [1.54, 1.807) is 6.08 Å². The number of nitrogens with two attached hydrogens (primary N) is 1. The molecule has 17 nitrogen and oxygen atoms in total. The summed E-state index contributed by atoms with van der Waals surface area (Å²) >= 11 is 8.54. The third-order valence-corrected chi connectivity index (χ3v) is 14.5. The van der Waals surface area contributed by atoms with Gasteiger partial charge < -0.3 is 45.6 Å². The number of thioether (sulfide) groups is 1. The average Bonchev–Trinajstić information content (AvgIpc) is 3.62. The van der Waals surface area contributed by atoms with Gasteiger partial charge in [0.1, 0.15) is 29.4 Å². The molecule has 324 valence electrons. The second kappa shape index (κ2) is 18.4. The molecule has 3 saturated heterocycles. The number of phenolic OH excluding ortho intramolecular Hbond substituents is 2. The molecule has 5 aliphatic rings. The maximum absolute atomic E-state index is 13.7. The summed E-state index contributed by atoms with van der Waals surface area (Å²) in [5.41, 5.74) is 4.27. The Hall–Kier alpha value is -3.98. The largest absolute Gasteiger partial charge is 1.00 e. The van der Waals surface area contributed by atoms with Crippen LogP contribution in [0.4, 0.5) is 5.13 Å². The Kier molecular flexibility index (Phi) is 15.0. The first-order valence-electron chi connectivity index (χ1n) is 18.5. The minimum absolute atomic E-state index is 0. The van der Waals surface area contributed by atoms with Gasteiger partial charge in [0.15, 0.2) is 39.5 Å². The second-order valence-electron chi connectivity index (χ2n) is 16.0. The number of carbonyl (C=O) groups is 6. The summed E-state index contributed by atoms with van der Waals surface area (Å²) in [7, 11) is 2.08. The number of halogens is 1. The van der Waals surface area contributed by atoms with Gasteiger partial charge >= 0.3 is 35.5 Å². The number of nitrogens with one attached hydrogen (secondary N) is 1. The number of carboxylic acids is 2. The second-order valence-corrected chi connectivity index (χ2v) is 18.7. The number of oxime groups is 1. The minimum atomic E-state index is -1.91. The van der Waals surface area contributed by atoms with Gasteiger partial charge in [-0.05, 0) is 44.7 Å². The number of β-lactam (4-membered cyclic amide) rings is 1. The number of amides is 2. The number of likely N-dealkylation sites (N-methyl/N-ethyl adjacent to an activating group) is 1. The van der Waals surface area contributed by atoms with Crippen molar-refractivity contribution in [3.05, 3.63) is 56.2 Å². The fourth-order valence-electron chi connectivity index (χ4n) is 8.85. The molecule has 0 radical (unpaired) electrons. The SMILES string of the molecule is C.C.C[C@@H]1S[C@@H]2[C@H](NC(=O)/C(=N\OC(C)(C)C(=O)[O-])c3csc(N)n3)C(=O)N2C(C(=O)O)=C1C[N+]1(C)[C@@H]2CC[C@H]1CC(CC(=O)C1=CCc3cc(O)c(O)c(Cl)c3C1=O)C2.[Na+]. The van der Waals surface area contributed by atoms with Crippen LogP contribution in [0.25, 0.3) is 0 Å². The van der Waals surface area contributed by atoms with Gasteiger partial charge in [-0.25, -0.2) is 9.78 Å². The number of piperidine rings is 1. The minimum Gasteiger partial charge on any atom is -0.546 e.